The fraction of sp³-hybridized carbons (Fsp3) is 0.455. The lowest BCUT2D eigenvalue weighted by atomic mass is 10.2. The van der Waals surface area contributed by atoms with Gasteiger partial charge in [0.15, 0.2) is 0 Å². The van der Waals surface area contributed by atoms with Crippen LogP contribution in [0.2, 0.25) is 0 Å². The molecule has 6 heteroatoms. The summed E-state index contributed by atoms with van der Waals surface area (Å²) in [5, 5.41) is 3.04. The Labute approximate surface area is 167 Å². The highest BCUT2D eigenvalue weighted by molar-refractivity contribution is 5.91. The van der Waals surface area contributed by atoms with Crippen LogP contribution in [0.25, 0.3) is 0 Å². The van der Waals surface area contributed by atoms with E-state index in [-0.39, 0.29) is 12.1 Å². The second kappa shape index (κ2) is 10.1. The molecule has 28 heavy (non-hydrogen) atoms. The van der Waals surface area contributed by atoms with Crippen molar-refractivity contribution in [1.29, 1.82) is 0 Å². The summed E-state index contributed by atoms with van der Waals surface area (Å²) in [5.74, 6) is 0.721. The minimum atomic E-state index is -0.0663. The molecule has 1 fully saturated rings. The number of anilines is 1. The van der Waals surface area contributed by atoms with Crippen molar-refractivity contribution in [3.8, 4) is 5.75 Å². The molecule has 0 aliphatic carbocycles. The van der Waals surface area contributed by atoms with E-state index in [0.29, 0.717) is 6.54 Å². The lowest BCUT2D eigenvalue weighted by Gasteiger charge is -2.23. The minimum absolute atomic E-state index is 0.0663. The maximum absolute atomic E-state index is 12.8. The van der Waals surface area contributed by atoms with Gasteiger partial charge < -0.3 is 15.0 Å². The Balaban J connectivity index is 1.57. The van der Waals surface area contributed by atoms with Gasteiger partial charge in [-0.15, -0.1) is 0 Å². The smallest absolute Gasteiger partial charge is 0.321 e. The number of urea groups is 1. The van der Waals surface area contributed by atoms with E-state index in [0.717, 1.165) is 50.5 Å². The average molecular weight is 383 g/mol. The number of hydrogen-bond acceptors (Lipinski definition) is 4. The van der Waals surface area contributed by atoms with Gasteiger partial charge >= 0.3 is 6.03 Å². The van der Waals surface area contributed by atoms with Gasteiger partial charge in [-0.2, -0.15) is 0 Å². The number of nitrogens with one attached hydrogen (secondary N) is 1. The molecule has 2 amide bonds. The van der Waals surface area contributed by atoms with Crippen molar-refractivity contribution in [2.45, 2.75) is 39.3 Å². The van der Waals surface area contributed by atoms with Crippen LogP contribution in [-0.4, -0.2) is 53.1 Å². The Kier molecular flexibility index (Phi) is 7.25. The van der Waals surface area contributed by atoms with Crippen LogP contribution < -0.4 is 10.1 Å². The quantitative estimate of drug-likeness (QED) is 0.820. The Morgan fingerprint density at radius 1 is 1.18 bits per heavy atom. The zero-order valence-electron chi connectivity index (χ0n) is 16.8. The highest BCUT2D eigenvalue weighted by atomic mass is 16.5. The molecule has 0 saturated carbocycles. The molecule has 0 radical (unpaired) electrons. The molecule has 6 nitrogen and oxygen atoms in total. The van der Waals surface area contributed by atoms with Crippen LogP contribution in [0.3, 0.4) is 0 Å². The van der Waals surface area contributed by atoms with Crippen molar-refractivity contribution in [3.05, 3.63) is 54.4 Å². The van der Waals surface area contributed by atoms with E-state index in [1.807, 2.05) is 48.4 Å². The van der Waals surface area contributed by atoms with Crippen molar-refractivity contribution in [2.75, 3.05) is 31.5 Å². The molecule has 0 bridgehead atoms. The fourth-order valence-corrected chi connectivity index (χ4v) is 3.25. The summed E-state index contributed by atoms with van der Waals surface area (Å²) in [6, 6.07) is 11.6. The maximum atomic E-state index is 12.8. The van der Waals surface area contributed by atoms with Crippen LogP contribution >= 0.6 is 0 Å². The summed E-state index contributed by atoms with van der Waals surface area (Å²) < 4.78 is 5.94. The van der Waals surface area contributed by atoms with Gasteiger partial charge in [0.25, 0.3) is 0 Å². The molecule has 1 saturated heterocycles. The van der Waals surface area contributed by atoms with Crippen LogP contribution in [0.5, 0.6) is 5.75 Å². The molecule has 0 spiro atoms. The molecule has 1 atom stereocenters. The summed E-state index contributed by atoms with van der Waals surface area (Å²) in [6.45, 7) is 8.28. The molecule has 2 heterocycles. The van der Waals surface area contributed by atoms with Gasteiger partial charge in [0, 0.05) is 45.1 Å². The first-order valence-electron chi connectivity index (χ1n) is 10.1. The van der Waals surface area contributed by atoms with E-state index < -0.39 is 0 Å². The van der Waals surface area contributed by atoms with Gasteiger partial charge in [-0.3, -0.25) is 9.88 Å². The van der Waals surface area contributed by atoms with Crippen LogP contribution in [0.1, 0.15) is 32.3 Å². The molecular formula is C22H30N4O2. The topological polar surface area (TPSA) is 57.7 Å². The third-order valence-electron chi connectivity index (χ3n) is 5.04. The normalized spacial score (nSPS) is 16.3. The summed E-state index contributed by atoms with van der Waals surface area (Å²) in [6.07, 6.45) is 5.68. The number of ether oxygens (including phenoxy) is 1. The van der Waals surface area contributed by atoms with Crippen molar-refractivity contribution >= 4 is 11.7 Å². The van der Waals surface area contributed by atoms with E-state index in [1.54, 1.807) is 6.20 Å². The first-order chi connectivity index (χ1) is 13.7. The predicted octanol–water partition coefficient (Wildman–Crippen LogP) is 4.00. The molecule has 2 aromatic rings. The third-order valence-corrected chi connectivity index (χ3v) is 5.04. The SMILES string of the molecule is CC[C@@H](C)Oc1ccccc1NC(=O)N1CCCN(Cc2cccnc2)CC1. The Morgan fingerprint density at radius 2 is 2.04 bits per heavy atom. The number of amides is 2. The number of nitrogens with zero attached hydrogens (tertiary/aromatic N) is 3. The minimum Gasteiger partial charge on any atom is -0.489 e. The third kappa shape index (κ3) is 5.70. The summed E-state index contributed by atoms with van der Waals surface area (Å²) in [5.41, 5.74) is 1.93. The highest BCUT2D eigenvalue weighted by Gasteiger charge is 2.20. The highest BCUT2D eigenvalue weighted by Crippen LogP contribution is 2.26. The largest absolute Gasteiger partial charge is 0.489 e. The van der Waals surface area contributed by atoms with E-state index in [2.05, 4.69) is 28.2 Å². The second-order valence-electron chi connectivity index (χ2n) is 7.24. The van der Waals surface area contributed by atoms with E-state index in [1.165, 1.54) is 5.56 Å². The number of hydrogen-bond donors (Lipinski definition) is 1. The fourth-order valence-electron chi connectivity index (χ4n) is 3.25. The molecule has 1 aromatic heterocycles. The first kappa shape index (κ1) is 20.1. The lowest BCUT2D eigenvalue weighted by molar-refractivity contribution is 0.208. The van der Waals surface area contributed by atoms with Gasteiger partial charge in [0.1, 0.15) is 5.75 Å². The number of pyridine rings is 1. The van der Waals surface area contributed by atoms with Gasteiger partial charge in [-0.1, -0.05) is 25.1 Å². The molecule has 3 rings (SSSR count). The van der Waals surface area contributed by atoms with Crippen LogP contribution in [0, 0.1) is 0 Å². The molecule has 150 valence electrons. The van der Waals surface area contributed by atoms with Gasteiger partial charge in [-0.05, 0) is 43.5 Å². The second-order valence-corrected chi connectivity index (χ2v) is 7.24. The van der Waals surface area contributed by atoms with Crippen LogP contribution in [0.15, 0.2) is 48.8 Å². The Morgan fingerprint density at radius 3 is 2.82 bits per heavy atom. The lowest BCUT2D eigenvalue weighted by Crippen LogP contribution is -2.38. The molecule has 0 unspecified atom stereocenters. The number of carbonyl (C=O) groups excluding carboxylic acids is 1. The number of benzene rings is 1. The number of carbonyl (C=O) groups is 1. The molecule has 1 aliphatic rings. The van der Waals surface area contributed by atoms with Crippen molar-refractivity contribution < 1.29 is 9.53 Å². The van der Waals surface area contributed by atoms with Crippen LogP contribution in [-0.2, 0) is 6.54 Å². The standard InChI is InChI=1S/C22H30N4O2/c1-3-18(2)28-21-10-5-4-9-20(21)24-22(27)26-13-7-12-25(14-15-26)17-19-8-6-11-23-16-19/h4-6,8-11,16,18H,3,7,12-15,17H2,1-2H3,(H,24,27)/t18-/m1/s1. The van der Waals surface area contributed by atoms with E-state index in [9.17, 15) is 4.79 Å². The van der Waals surface area contributed by atoms with E-state index >= 15 is 0 Å². The van der Waals surface area contributed by atoms with Crippen LogP contribution in [0.4, 0.5) is 10.5 Å². The summed E-state index contributed by atoms with van der Waals surface area (Å²) >= 11 is 0. The number of rotatable bonds is 6. The predicted molar refractivity (Wildman–Crippen MR) is 112 cm³/mol. The zero-order chi connectivity index (χ0) is 19.8. The number of para-hydroxylation sites is 2. The Hall–Kier alpha value is -2.60. The molecule has 1 N–H and O–H groups in total. The summed E-state index contributed by atoms with van der Waals surface area (Å²) in [4.78, 5) is 21.3. The maximum Gasteiger partial charge on any atom is 0.321 e. The molecule has 1 aliphatic heterocycles. The van der Waals surface area contributed by atoms with Crippen molar-refractivity contribution in [1.82, 2.24) is 14.8 Å². The monoisotopic (exact) mass is 382 g/mol. The van der Waals surface area contributed by atoms with Crippen molar-refractivity contribution in [2.24, 2.45) is 0 Å². The molecule has 1 aromatic carbocycles. The van der Waals surface area contributed by atoms with Gasteiger partial charge in [0.05, 0.1) is 11.8 Å². The molecular weight excluding hydrogens is 352 g/mol. The first-order valence-corrected chi connectivity index (χ1v) is 10.1. The van der Waals surface area contributed by atoms with Gasteiger partial charge in [-0.25, -0.2) is 4.79 Å². The van der Waals surface area contributed by atoms with Gasteiger partial charge in [0.2, 0.25) is 0 Å². The van der Waals surface area contributed by atoms with Crippen molar-refractivity contribution in [3.63, 3.8) is 0 Å². The number of aromatic nitrogens is 1. The summed E-state index contributed by atoms with van der Waals surface area (Å²) in [7, 11) is 0. The Bertz CT molecular complexity index is 753. The average Bonchev–Trinajstić information content (AvgIpc) is 2.96. The zero-order valence-corrected chi connectivity index (χ0v) is 16.8. The van der Waals surface area contributed by atoms with E-state index in [4.69, 9.17) is 4.74 Å².